The third-order valence-corrected chi connectivity index (χ3v) is 8.80. The summed E-state index contributed by atoms with van der Waals surface area (Å²) in [5.41, 5.74) is -11.3. The lowest BCUT2D eigenvalue weighted by Crippen LogP contribution is -2.79. The van der Waals surface area contributed by atoms with Crippen molar-refractivity contribution < 1.29 is 169 Å². The Morgan fingerprint density at radius 2 is 0.743 bits per heavy atom. The van der Waals surface area contributed by atoms with E-state index in [4.69, 9.17) is 0 Å². The number of carbonyl (C=O) groups excluding carboxylic acids is 4. The van der Waals surface area contributed by atoms with Crippen molar-refractivity contribution in [3.8, 4) is 0 Å². The van der Waals surface area contributed by atoms with Crippen molar-refractivity contribution in [1.82, 2.24) is 5.32 Å². The number of halogens is 33. The molecule has 8 nitrogen and oxygen atoms in total. The molecule has 0 aliphatic rings. The van der Waals surface area contributed by atoms with Crippen LogP contribution >= 0.6 is 0 Å². The van der Waals surface area contributed by atoms with Crippen molar-refractivity contribution in [2.75, 3.05) is 6.73 Å². The van der Waals surface area contributed by atoms with E-state index >= 15 is 17.6 Å². The smallest absolute Gasteiger partial charge is 0.445 e. The molecule has 0 fully saturated rings. The molecule has 0 heterocycles. The zero-order valence-electron chi connectivity index (χ0n) is 31.7. The van der Waals surface area contributed by atoms with Gasteiger partial charge in [-0.2, -0.15) is 155 Å². The Morgan fingerprint density at radius 1 is 0.471 bits per heavy atom. The standard InChI is InChI=1S/C29H10F33N3O5/c1-7-11(13(69)65-6-70-8(2)68)9(3-10(63-4-66)12(7)64-5-67)14(30,31)15(32,33)16(34,35)17(36,37)18(38,39)19(40,41)20(42,43)21(44,45)22(46,47)23(48,49)24(50,51)25(52,53)26(54,55)27(56,57)28(58,59)29(60,61)62/h3H,6H2,1-2H3,(H,65,69). The van der Waals surface area contributed by atoms with Gasteiger partial charge in [0.15, 0.2) is 6.73 Å². The summed E-state index contributed by atoms with van der Waals surface area (Å²) < 4.78 is 469. The molecule has 0 bridgehead atoms. The monoisotopic (exact) mass is 1110 g/mol. The minimum absolute atomic E-state index is 0.0473. The normalized spacial score (nSPS) is 15.2. The zero-order chi connectivity index (χ0) is 56.7. The number of aliphatic imine (C=N–C) groups is 2. The van der Waals surface area contributed by atoms with Crippen LogP contribution in [-0.4, -0.2) is 120 Å². The lowest BCUT2D eigenvalue weighted by molar-refractivity contribution is -0.491. The molecular formula is C29H10F33N3O5. The van der Waals surface area contributed by atoms with Crippen LogP contribution < -0.4 is 5.32 Å². The molecule has 0 radical (unpaired) electrons. The Kier molecular flexibility index (Phi) is 15.6. The predicted molar refractivity (Wildman–Crippen MR) is 150 cm³/mol. The molecule has 0 aliphatic carbocycles. The number of nitrogens with one attached hydrogen (secondary N) is 1. The number of ether oxygens (including phenoxy) is 1. The van der Waals surface area contributed by atoms with Gasteiger partial charge in [-0.15, -0.1) is 0 Å². The van der Waals surface area contributed by atoms with E-state index < -0.39 is 148 Å². The molecule has 0 atom stereocenters. The van der Waals surface area contributed by atoms with Gasteiger partial charge >= 0.3 is 101 Å². The maximum absolute atomic E-state index is 15.5. The first kappa shape index (κ1) is 62.6. The predicted octanol–water partition coefficient (Wildman–Crippen LogP) is 11.7. The molecule has 1 aromatic carbocycles. The van der Waals surface area contributed by atoms with Gasteiger partial charge in [-0.05, 0) is 18.6 Å². The first-order valence-electron chi connectivity index (χ1n) is 15.9. The molecule has 1 amide bonds. The number of isocyanates is 2. The van der Waals surface area contributed by atoms with Crippen LogP contribution in [0.2, 0.25) is 0 Å². The van der Waals surface area contributed by atoms with Crippen molar-refractivity contribution in [1.29, 1.82) is 0 Å². The Bertz CT molecular complexity index is 2290. The van der Waals surface area contributed by atoms with Gasteiger partial charge in [-0.25, -0.2) is 9.59 Å². The molecule has 70 heavy (non-hydrogen) atoms. The third-order valence-electron chi connectivity index (χ3n) is 8.80. The summed E-state index contributed by atoms with van der Waals surface area (Å²) in [5, 5.41) is 1.10. The first-order valence-corrected chi connectivity index (χ1v) is 15.9. The Labute approximate surface area is 358 Å². The van der Waals surface area contributed by atoms with Crippen LogP contribution in [0.5, 0.6) is 0 Å². The van der Waals surface area contributed by atoms with Crippen molar-refractivity contribution >= 4 is 35.4 Å². The van der Waals surface area contributed by atoms with Crippen LogP contribution in [0.4, 0.5) is 156 Å². The number of nitrogens with zero attached hydrogens (tertiary/aromatic N) is 2. The quantitative estimate of drug-likeness (QED) is 0.0459. The second-order valence-corrected chi connectivity index (χ2v) is 13.1. The minimum atomic E-state index is -10.4. The third kappa shape index (κ3) is 8.07. The molecule has 1 aromatic rings. The Morgan fingerprint density at radius 3 is 1.00 bits per heavy atom. The molecule has 1 N–H and O–H groups in total. The molecule has 0 spiro atoms. The van der Waals surface area contributed by atoms with E-state index in [2.05, 4.69) is 14.7 Å². The molecule has 1 rings (SSSR count). The minimum Gasteiger partial charge on any atom is -0.445 e. The number of hydrogen-bond donors (Lipinski definition) is 1. The van der Waals surface area contributed by atoms with E-state index in [1.54, 1.807) is 0 Å². The maximum atomic E-state index is 15.5. The van der Waals surface area contributed by atoms with Crippen LogP contribution in [-0.2, 0) is 25.0 Å². The number of esters is 1. The summed E-state index contributed by atoms with van der Waals surface area (Å²) in [6, 6.07) is -1.13. The van der Waals surface area contributed by atoms with Gasteiger partial charge in [0.25, 0.3) is 5.91 Å². The van der Waals surface area contributed by atoms with Gasteiger partial charge in [-0.3, -0.25) is 9.59 Å². The van der Waals surface area contributed by atoms with Gasteiger partial charge in [0, 0.05) is 12.5 Å². The van der Waals surface area contributed by atoms with Crippen LogP contribution in [0.25, 0.3) is 0 Å². The molecular weight excluding hydrogens is 1100 g/mol. The van der Waals surface area contributed by atoms with Gasteiger partial charge < -0.3 is 10.1 Å². The molecule has 0 aliphatic heterocycles. The fraction of sp³-hybridized carbons (Fsp3) is 0.655. The lowest BCUT2D eigenvalue weighted by Gasteiger charge is -2.47. The molecule has 402 valence electrons. The van der Waals surface area contributed by atoms with E-state index in [0.29, 0.717) is 19.1 Å². The zero-order valence-corrected chi connectivity index (χ0v) is 31.7. The summed E-state index contributed by atoms with van der Waals surface area (Å²) in [5.74, 6) is -151. The Hall–Kier alpha value is -5.39. The number of hydrogen-bond acceptors (Lipinski definition) is 7. The highest BCUT2D eigenvalue weighted by molar-refractivity contribution is 6.00. The summed E-state index contributed by atoms with van der Waals surface area (Å²) in [7, 11) is 0. The van der Waals surface area contributed by atoms with Gasteiger partial charge in [0.2, 0.25) is 12.2 Å². The summed E-state index contributed by atoms with van der Waals surface area (Å²) in [6.45, 7) is -1.15. The fourth-order valence-corrected chi connectivity index (χ4v) is 4.85. The molecule has 0 saturated heterocycles. The summed E-state index contributed by atoms with van der Waals surface area (Å²) in [6.07, 6.45) is -7.68. The van der Waals surface area contributed by atoms with Crippen molar-refractivity contribution in [3.63, 3.8) is 0 Å². The molecule has 0 saturated carbocycles. The topological polar surface area (TPSA) is 114 Å². The second kappa shape index (κ2) is 17.4. The van der Waals surface area contributed by atoms with Crippen LogP contribution in [0.1, 0.15) is 28.4 Å². The number of amides is 1. The molecule has 0 unspecified atom stereocenters. The highest BCUT2D eigenvalue weighted by atomic mass is 19.4. The molecule has 0 aromatic heterocycles. The van der Waals surface area contributed by atoms with E-state index in [0.717, 1.165) is 5.32 Å². The number of alkyl halides is 33. The Balaban J connectivity index is 4.31. The number of rotatable bonds is 20. The number of carbonyl (C=O) groups is 2. The lowest BCUT2D eigenvalue weighted by atomic mass is 9.82. The van der Waals surface area contributed by atoms with Gasteiger partial charge in [0.1, 0.15) is 11.4 Å². The van der Waals surface area contributed by atoms with Crippen molar-refractivity contribution in [2.24, 2.45) is 9.98 Å². The average molecular weight is 1110 g/mol. The second-order valence-electron chi connectivity index (χ2n) is 13.1. The van der Waals surface area contributed by atoms with Gasteiger partial charge in [0.05, 0.1) is 5.56 Å². The van der Waals surface area contributed by atoms with Gasteiger partial charge in [-0.1, -0.05) is 0 Å². The van der Waals surface area contributed by atoms with E-state index in [9.17, 15) is 147 Å². The van der Waals surface area contributed by atoms with Crippen molar-refractivity contribution in [2.45, 2.75) is 109 Å². The highest BCUT2D eigenvalue weighted by Crippen LogP contribution is 2.70. The maximum Gasteiger partial charge on any atom is 0.460 e. The molecule has 41 heteroatoms. The highest BCUT2D eigenvalue weighted by Gasteiger charge is 3.02. The van der Waals surface area contributed by atoms with E-state index in [-0.39, 0.29) is 6.92 Å². The van der Waals surface area contributed by atoms with Crippen molar-refractivity contribution in [3.05, 3.63) is 22.8 Å². The largest absolute Gasteiger partial charge is 0.460 e. The van der Waals surface area contributed by atoms with E-state index in [1.807, 2.05) is 0 Å². The van der Waals surface area contributed by atoms with Crippen LogP contribution in [0, 0.1) is 6.92 Å². The van der Waals surface area contributed by atoms with Crippen LogP contribution in [0.15, 0.2) is 16.1 Å². The summed E-state index contributed by atoms with van der Waals surface area (Å²) >= 11 is 0. The summed E-state index contributed by atoms with van der Waals surface area (Å²) in [4.78, 5) is 50.1. The number of benzene rings is 1. The average Bonchev–Trinajstić information content (AvgIpc) is 3.17. The first-order chi connectivity index (χ1) is 30.4. The van der Waals surface area contributed by atoms with Crippen LogP contribution in [0.3, 0.4) is 0 Å². The van der Waals surface area contributed by atoms with E-state index in [1.165, 1.54) is 0 Å². The fourth-order valence-electron chi connectivity index (χ4n) is 4.85. The SMILES string of the molecule is CC(=O)OCNC(=O)c1c(C(F)(F)C(F)(F)C(F)(F)C(F)(F)C(F)(F)C(F)(F)C(F)(F)C(F)(F)C(F)(F)C(F)(F)C(F)(F)C(F)(F)C(F)(F)C(F)(F)C(F)(F)C(F)(F)F)cc(N=C=O)c(N=C=O)c1C.